The summed E-state index contributed by atoms with van der Waals surface area (Å²) in [4.78, 5) is 98.0. The number of ketones is 3. The molecule has 0 radical (unpaired) electrons. The Kier molecular flexibility index (Phi) is 12.3. The number of hydrogen-bond donors (Lipinski definition) is 1. The van der Waals surface area contributed by atoms with Gasteiger partial charge in [-0.1, -0.05) is 61.3 Å². The van der Waals surface area contributed by atoms with Gasteiger partial charge < -0.3 is 10.2 Å². The average Bonchev–Trinajstić information content (AvgIpc) is 3.90. The quantitative estimate of drug-likeness (QED) is 0.210. The van der Waals surface area contributed by atoms with Crippen LogP contribution in [0.2, 0.25) is 0 Å². The van der Waals surface area contributed by atoms with E-state index in [-0.39, 0.29) is 142 Å². The highest BCUT2D eigenvalue weighted by Crippen LogP contribution is 2.65. The summed E-state index contributed by atoms with van der Waals surface area (Å²) in [5, 5.41) is 2.71. The Morgan fingerprint density at radius 3 is 2.04 bits per heavy atom. The molecular formula is C42H63F2N3O7. The molecule has 5 rings (SSSR count). The second-order valence-corrected chi connectivity index (χ2v) is 19.8. The zero-order valence-corrected chi connectivity index (χ0v) is 33.6. The minimum atomic E-state index is -2.95. The van der Waals surface area contributed by atoms with E-state index in [2.05, 4.69) is 19.2 Å². The normalized spacial score (nSPS) is 31.0. The van der Waals surface area contributed by atoms with Crippen LogP contribution >= 0.6 is 0 Å². The maximum Gasteiger partial charge on any atom is 0.287 e. The Labute approximate surface area is 319 Å². The standard InChI is InChI=1S/C42H63F2N3O7/c1-39(2,3)27(23-46-32(50)21-40(4,5)22-33(46)51)20-29(48)18-26-13-9-11-17-42(43,44)16-10-8-12-25(36(52)37(53)45-28-14-15-28)19-31(49)35-34-30(41(34,6)7)24-47(35)38(26)54/h25-28,30,34-35H,8-24H2,1-7H3,(H,45,53)/t25-,26-,27-,30+,34+,35-/m1/s1. The van der Waals surface area contributed by atoms with Gasteiger partial charge in [0.1, 0.15) is 5.78 Å². The Morgan fingerprint density at radius 2 is 1.46 bits per heavy atom. The molecule has 302 valence electrons. The van der Waals surface area contributed by atoms with Crippen molar-refractivity contribution >= 4 is 41.0 Å². The molecule has 4 amide bonds. The fraction of sp³-hybridized carbons (Fsp3) is 0.833. The van der Waals surface area contributed by atoms with Gasteiger partial charge in [-0.3, -0.25) is 38.5 Å². The summed E-state index contributed by atoms with van der Waals surface area (Å²) in [6.07, 6.45) is 2.17. The van der Waals surface area contributed by atoms with Crippen LogP contribution in [0.1, 0.15) is 145 Å². The van der Waals surface area contributed by atoms with Crippen LogP contribution < -0.4 is 5.32 Å². The number of Topliss-reactive ketones (excluding diaryl/α,β-unsaturated/α-hetero) is 3. The molecule has 2 aliphatic carbocycles. The summed E-state index contributed by atoms with van der Waals surface area (Å²) in [5.74, 6) is -8.03. The summed E-state index contributed by atoms with van der Waals surface area (Å²) >= 11 is 0. The molecule has 3 aliphatic heterocycles. The highest BCUT2D eigenvalue weighted by Gasteiger charge is 2.69. The van der Waals surface area contributed by atoms with E-state index < -0.39 is 46.3 Å². The number of carbonyl (C=O) groups is 7. The van der Waals surface area contributed by atoms with Crippen LogP contribution in [0.15, 0.2) is 0 Å². The smallest absolute Gasteiger partial charge is 0.287 e. The molecular weight excluding hydrogens is 696 g/mol. The number of carbonyl (C=O) groups excluding carboxylic acids is 7. The van der Waals surface area contributed by atoms with Crippen LogP contribution in [-0.2, 0) is 33.6 Å². The number of fused-ring (bicyclic) bond motifs is 3. The van der Waals surface area contributed by atoms with Gasteiger partial charge in [0.15, 0.2) is 5.78 Å². The lowest BCUT2D eigenvalue weighted by atomic mass is 9.75. The molecule has 3 saturated heterocycles. The van der Waals surface area contributed by atoms with E-state index in [0.29, 0.717) is 13.0 Å². The van der Waals surface area contributed by atoms with Gasteiger partial charge in [0.25, 0.3) is 5.91 Å². The van der Waals surface area contributed by atoms with Gasteiger partial charge in [0, 0.05) is 75.9 Å². The molecule has 2 saturated carbocycles. The molecule has 0 aromatic carbocycles. The first-order valence-corrected chi connectivity index (χ1v) is 20.4. The van der Waals surface area contributed by atoms with Gasteiger partial charge in [-0.25, -0.2) is 8.78 Å². The van der Waals surface area contributed by atoms with E-state index in [1.165, 1.54) is 4.90 Å². The number of alkyl halides is 2. The van der Waals surface area contributed by atoms with Crippen molar-refractivity contribution in [2.24, 2.45) is 45.8 Å². The Balaban J connectivity index is 1.36. The zero-order chi connectivity index (χ0) is 40.0. The van der Waals surface area contributed by atoms with Crippen LogP contribution in [0.5, 0.6) is 0 Å². The molecule has 3 heterocycles. The number of imide groups is 1. The van der Waals surface area contributed by atoms with Gasteiger partial charge in [-0.05, 0) is 72.5 Å². The minimum Gasteiger partial charge on any atom is -0.347 e. The number of nitrogens with one attached hydrogen (secondary N) is 1. The lowest BCUT2D eigenvalue weighted by molar-refractivity contribution is -0.154. The number of rotatable bonds is 9. The van der Waals surface area contributed by atoms with E-state index in [1.54, 1.807) is 4.90 Å². The molecule has 12 heteroatoms. The highest BCUT2D eigenvalue weighted by atomic mass is 19.3. The predicted octanol–water partition coefficient (Wildman–Crippen LogP) is 6.47. The molecule has 0 unspecified atom stereocenters. The SMILES string of the molecule is CC1(C)CC(=O)N(C[C@@H](CC(=O)C[C@H]2CCCCC(F)(F)CCCC[C@@H](C(=O)C(=O)NC3CC3)CC(=O)[C@@H]3[C@@H]4[C@H](CN3C2=O)C4(C)C)C(C)(C)C)C(=O)C1. The molecule has 5 fully saturated rings. The van der Waals surface area contributed by atoms with E-state index in [0.717, 1.165) is 12.8 Å². The third-order valence-electron chi connectivity index (χ3n) is 13.3. The highest BCUT2D eigenvalue weighted by molar-refractivity contribution is 6.37. The van der Waals surface area contributed by atoms with Crippen LogP contribution in [-0.4, -0.2) is 81.9 Å². The summed E-state index contributed by atoms with van der Waals surface area (Å²) in [7, 11) is 0. The van der Waals surface area contributed by atoms with Gasteiger partial charge >= 0.3 is 0 Å². The number of halogens is 2. The zero-order valence-electron chi connectivity index (χ0n) is 33.6. The minimum absolute atomic E-state index is 0.0269. The van der Waals surface area contributed by atoms with E-state index in [9.17, 15) is 42.3 Å². The second kappa shape index (κ2) is 15.8. The fourth-order valence-electron chi connectivity index (χ4n) is 9.38. The van der Waals surface area contributed by atoms with Gasteiger partial charge in [0.05, 0.1) is 6.04 Å². The molecule has 1 N–H and O–H groups in total. The van der Waals surface area contributed by atoms with Crippen molar-refractivity contribution in [1.82, 2.24) is 15.1 Å². The Hall–Kier alpha value is -3.05. The second-order valence-electron chi connectivity index (χ2n) is 19.8. The third kappa shape index (κ3) is 10.0. The predicted molar refractivity (Wildman–Crippen MR) is 198 cm³/mol. The van der Waals surface area contributed by atoms with Crippen LogP contribution in [0, 0.1) is 45.8 Å². The molecule has 0 aromatic heterocycles. The van der Waals surface area contributed by atoms with Gasteiger partial charge in [-0.2, -0.15) is 0 Å². The first-order chi connectivity index (χ1) is 25.0. The van der Waals surface area contributed by atoms with Crippen molar-refractivity contribution < 1.29 is 42.3 Å². The van der Waals surface area contributed by atoms with Crippen molar-refractivity contribution in [3.63, 3.8) is 0 Å². The monoisotopic (exact) mass is 759 g/mol. The van der Waals surface area contributed by atoms with Gasteiger partial charge in [-0.15, -0.1) is 0 Å². The molecule has 0 spiro atoms. The van der Waals surface area contributed by atoms with Crippen LogP contribution in [0.25, 0.3) is 0 Å². The first kappa shape index (κ1) is 42.1. The Bertz CT molecular complexity index is 1490. The van der Waals surface area contributed by atoms with Crippen molar-refractivity contribution in [2.45, 2.75) is 163 Å². The maximum absolute atomic E-state index is 15.0. The largest absolute Gasteiger partial charge is 0.347 e. The molecule has 0 bridgehead atoms. The molecule has 5 aliphatic rings. The number of amides is 4. The summed E-state index contributed by atoms with van der Waals surface area (Å²) in [6.45, 7) is 14.2. The fourth-order valence-corrected chi connectivity index (χ4v) is 9.38. The number of hydrogen-bond acceptors (Lipinski definition) is 7. The van der Waals surface area contributed by atoms with Crippen LogP contribution in [0.4, 0.5) is 8.78 Å². The maximum atomic E-state index is 15.0. The molecule has 54 heavy (non-hydrogen) atoms. The number of likely N-dealkylation sites (tertiary alicyclic amines) is 1. The van der Waals surface area contributed by atoms with E-state index in [1.807, 2.05) is 34.6 Å². The van der Waals surface area contributed by atoms with Crippen molar-refractivity contribution in [2.75, 3.05) is 13.1 Å². The summed E-state index contributed by atoms with van der Waals surface area (Å²) in [6, 6.07) is -0.852. The molecule has 10 nitrogen and oxygen atoms in total. The third-order valence-corrected chi connectivity index (χ3v) is 13.3. The number of piperidine rings is 2. The lowest BCUT2D eigenvalue weighted by Crippen LogP contribution is -2.50. The molecule has 6 atom stereocenters. The van der Waals surface area contributed by atoms with Crippen molar-refractivity contribution in [3.05, 3.63) is 0 Å². The number of nitrogens with zero attached hydrogens (tertiary/aromatic N) is 2. The summed E-state index contributed by atoms with van der Waals surface area (Å²) in [5.41, 5.74) is -1.09. The van der Waals surface area contributed by atoms with E-state index >= 15 is 0 Å². The Morgan fingerprint density at radius 1 is 0.870 bits per heavy atom. The lowest BCUT2D eigenvalue weighted by Gasteiger charge is -2.39. The summed E-state index contributed by atoms with van der Waals surface area (Å²) < 4.78 is 30.0. The van der Waals surface area contributed by atoms with Crippen molar-refractivity contribution in [1.29, 1.82) is 0 Å². The first-order valence-electron chi connectivity index (χ1n) is 20.4. The molecule has 0 aromatic rings. The van der Waals surface area contributed by atoms with Crippen molar-refractivity contribution in [3.8, 4) is 0 Å². The van der Waals surface area contributed by atoms with Gasteiger partial charge in [0.2, 0.25) is 29.4 Å². The topological polar surface area (TPSA) is 138 Å². The van der Waals surface area contributed by atoms with Crippen LogP contribution in [0.3, 0.4) is 0 Å². The van der Waals surface area contributed by atoms with E-state index in [4.69, 9.17) is 0 Å². The average molecular weight is 760 g/mol.